The zero-order chi connectivity index (χ0) is 6.57. The van der Waals surface area contributed by atoms with Gasteiger partial charge in [0.15, 0.2) is 0 Å². The molecule has 0 aliphatic heterocycles. The number of rotatable bonds is 2. The third-order valence-electron chi connectivity index (χ3n) is 0.766. The highest BCUT2D eigenvalue weighted by Gasteiger charge is 1.80. The van der Waals surface area contributed by atoms with E-state index in [0.717, 1.165) is 5.57 Å². The Labute approximate surface area is 51.9 Å². The second-order valence-corrected chi connectivity index (χ2v) is 2.45. The third-order valence-corrected chi connectivity index (χ3v) is 0.766. The van der Waals surface area contributed by atoms with Crippen molar-refractivity contribution in [3.05, 3.63) is 24.3 Å². The molecule has 0 aromatic rings. The second-order valence-electron chi connectivity index (χ2n) is 2.45. The van der Waals surface area contributed by atoms with E-state index in [1.165, 1.54) is 0 Å². The Morgan fingerprint density at radius 2 is 2.00 bits per heavy atom. The standard InChI is InChI=1S/C8H14/c1-7(2)5-6-8(3)4/h5-6,8H,1H2,2-4H3. The molecule has 0 heterocycles. The van der Waals surface area contributed by atoms with Crippen LogP contribution < -0.4 is 0 Å². The normalized spacial score (nSPS) is 11.0. The maximum atomic E-state index is 3.74. The molecule has 0 rings (SSSR count). The van der Waals surface area contributed by atoms with E-state index < -0.39 is 0 Å². The van der Waals surface area contributed by atoms with Crippen molar-refractivity contribution in [2.45, 2.75) is 20.8 Å². The van der Waals surface area contributed by atoms with Crippen LogP contribution in [0.5, 0.6) is 0 Å². The Morgan fingerprint density at radius 1 is 1.50 bits per heavy atom. The molecule has 0 N–H and O–H groups in total. The van der Waals surface area contributed by atoms with E-state index >= 15 is 0 Å². The zero-order valence-corrected chi connectivity index (χ0v) is 5.94. The van der Waals surface area contributed by atoms with Gasteiger partial charge in [0, 0.05) is 0 Å². The quantitative estimate of drug-likeness (QED) is 0.479. The Morgan fingerprint density at radius 3 is 2.12 bits per heavy atom. The van der Waals surface area contributed by atoms with Gasteiger partial charge in [-0.3, -0.25) is 0 Å². The maximum absolute atomic E-state index is 3.74. The molecule has 0 atom stereocenters. The van der Waals surface area contributed by atoms with Crippen molar-refractivity contribution in [2.24, 2.45) is 5.92 Å². The Kier molecular flexibility index (Phi) is 3.25. The molecule has 0 spiro atoms. The highest BCUT2D eigenvalue weighted by Crippen LogP contribution is 1.96. The van der Waals surface area contributed by atoms with Gasteiger partial charge in [0.25, 0.3) is 0 Å². The summed E-state index contributed by atoms with van der Waals surface area (Å²) in [6, 6.07) is 0. The first-order valence-electron chi connectivity index (χ1n) is 2.96. The van der Waals surface area contributed by atoms with Crippen LogP contribution in [0.15, 0.2) is 24.3 Å². The van der Waals surface area contributed by atoms with Crippen LogP contribution >= 0.6 is 0 Å². The van der Waals surface area contributed by atoms with Crippen molar-refractivity contribution in [2.75, 3.05) is 0 Å². The fourth-order valence-electron chi connectivity index (χ4n) is 0.357. The smallest absolute Gasteiger partial charge is 0.0287 e. The molecular formula is C8H14. The van der Waals surface area contributed by atoms with Crippen LogP contribution in [0, 0.1) is 5.92 Å². The fraction of sp³-hybridized carbons (Fsp3) is 0.500. The molecule has 0 saturated heterocycles. The molecular weight excluding hydrogens is 96.1 g/mol. The first-order chi connectivity index (χ1) is 3.63. The molecule has 0 aliphatic carbocycles. The topological polar surface area (TPSA) is 0 Å². The first-order valence-corrected chi connectivity index (χ1v) is 2.96. The van der Waals surface area contributed by atoms with Gasteiger partial charge in [-0.1, -0.05) is 38.2 Å². The van der Waals surface area contributed by atoms with Crippen LogP contribution in [0.1, 0.15) is 20.8 Å². The van der Waals surface area contributed by atoms with Crippen molar-refractivity contribution >= 4 is 0 Å². The highest BCUT2D eigenvalue weighted by atomic mass is 13.9. The van der Waals surface area contributed by atoms with Crippen molar-refractivity contribution in [3.8, 4) is 0 Å². The summed E-state index contributed by atoms with van der Waals surface area (Å²) >= 11 is 0. The summed E-state index contributed by atoms with van der Waals surface area (Å²) < 4.78 is 0. The average Bonchev–Trinajstić information content (AvgIpc) is 1.61. The van der Waals surface area contributed by atoms with Gasteiger partial charge in [-0.25, -0.2) is 0 Å². The molecule has 0 nitrogen and oxygen atoms in total. The minimum atomic E-state index is 0.645. The molecule has 0 aromatic carbocycles. The summed E-state index contributed by atoms with van der Waals surface area (Å²) in [6.45, 7) is 10.0. The van der Waals surface area contributed by atoms with E-state index in [1.807, 2.05) is 13.0 Å². The lowest BCUT2D eigenvalue weighted by Gasteiger charge is -1.91. The Balaban J connectivity index is 3.50. The van der Waals surface area contributed by atoms with Crippen molar-refractivity contribution in [3.63, 3.8) is 0 Å². The fourth-order valence-corrected chi connectivity index (χ4v) is 0.357. The molecule has 0 heteroatoms. The minimum Gasteiger partial charge on any atom is -0.0961 e. The Hall–Kier alpha value is -0.520. The SMILES string of the molecule is C=C(C)C=CC(C)C. The molecule has 0 aliphatic rings. The summed E-state index contributed by atoms with van der Waals surface area (Å²) in [7, 11) is 0. The summed E-state index contributed by atoms with van der Waals surface area (Å²) in [5.74, 6) is 0.645. The van der Waals surface area contributed by atoms with Gasteiger partial charge in [-0.05, 0) is 12.8 Å². The van der Waals surface area contributed by atoms with Crippen LogP contribution in [0.2, 0.25) is 0 Å². The molecule has 0 fully saturated rings. The van der Waals surface area contributed by atoms with Crippen molar-refractivity contribution in [1.29, 1.82) is 0 Å². The van der Waals surface area contributed by atoms with Gasteiger partial charge in [0.1, 0.15) is 0 Å². The minimum absolute atomic E-state index is 0.645. The second kappa shape index (κ2) is 3.48. The van der Waals surface area contributed by atoms with E-state index in [9.17, 15) is 0 Å². The Bertz CT molecular complexity index is 96.6. The van der Waals surface area contributed by atoms with Gasteiger partial charge in [-0.2, -0.15) is 0 Å². The molecule has 0 radical (unpaired) electrons. The van der Waals surface area contributed by atoms with Crippen LogP contribution in [0.3, 0.4) is 0 Å². The lowest BCUT2D eigenvalue weighted by Crippen LogP contribution is -1.76. The number of allylic oxidation sites excluding steroid dienone is 3. The summed E-state index contributed by atoms with van der Waals surface area (Å²) in [5, 5.41) is 0. The predicted octanol–water partition coefficient (Wildman–Crippen LogP) is 2.77. The molecule has 8 heavy (non-hydrogen) atoms. The van der Waals surface area contributed by atoms with E-state index in [-0.39, 0.29) is 0 Å². The average molecular weight is 110 g/mol. The summed E-state index contributed by atoms with van der Waals surface area (Å²) in [6.07, 6.45) is 4.19. The van der Waals surface area contributed by atoms with Gasteiger partial charge in [-0.15, -0.1) is 0 Å². The maximum Gasteiger partial charge on any atom is -0.0287 e. The summed E-state index contributed by atoms with van der Waals surface area (Å²) in [4.78, 5) is 0. The first kappa shape index (κ1) is 7.48. The van der Waals surface area contributed by atoms with Gasteiger partial charge in [0.05, 0.1) is 0 Å². The zero-order valence-electron chi connectivity index (χ0n) is 5.94. The lowest BCUT2D eigenvalue weighted by atomic mass is 10.2. The van der Waals surface area contributed by atoms with Gasteiger partial charge in [0.2, 0.25) is 0 Å². The van der Waals surface area contributed by atoms with Crippen molar-refractivity contribution in [1.82, 2.24) is 0 Å². The molecule has 0 bridgehead atoms. The molecule has 0 amide bonds. The molecule has 0 aromatic heterocycles. The van der Waals surface area contributed by atoms with Crippen LogP contribution in [-0.2, 0) is 0 Å². The highest BCUT2D eigenvalue weighted by molar-refractivity contribution is 5.11. The monoisotopic (exact) mass is 110 g/mol. The lowest BCUT2D eigenvalue weighted by molar-refractivity contribution is 0.831. The third kappa shape index (κ3) is 5.48. The van der Waals surface area contributed by atoms with E-state index in [1.54, 1.807) is 0 Å². The molecule has 0 unspecified atom stereocenters. The van der Waals surface area contributed by atoms with Crippen LogP contribution in [-0.4, -0.2) is 0 Å². The van der Waals surface area contributed by atoms with Crippen molar-refractivity contribution < 1.29 is 0 Å². The van der Waals surface area contributed by atoms with Crippen LogP contribution in [0.25, 0.3) is 0 Å². The predicted molar refractivity (Wildman–Crippen MR) is 38.8 cm³/mol. The van der Waals surface area contributed by atoms with E-state index in [0.29, 0.717) is 5.92 Å². The summed E-state index contributed by atoms with van der Waals surface area (Å²) in [5.41, 5.74) is 1.12. The van der Waals surface area contributed by atoms with Gasteiger partial charge >= 0.3 is 0 Å². The van der Waals surface area contributed by atoms with Gasteiger partial charge < -0.3 is 0 Å². The molecule has 46 valence electrons. The van der Waals surface area contributed by atoms with E-state index in [4.69, 9.17) is 0 Å². The number of hydrogen-bond acceptors (Lipinski definition) is 0. The van der Waals surface area contributed by atoms with E-state index in [2.05, 4.69) is 26.5 Å². The van der Waals surface area contributed by atoms with Crippen LogP contribution in [0.4, 0.5) is 0 Å². The number of hydrogen-bond donors (Lipinski definition) is 0. The largest absolute Gasteiger partial charge is 0.0961 e. The molecule has 0 saturated carbocycles.